The zero-order chi connectivity index (χ0) is 19.6. The number of carbonyl (C=O) groups excluding carboxylic acids is 2. The van der Waals surface area contributed by atoms with Crippen LogP contribution in [0.1, 0.15) is 25.7 Å². The van der Waals surface area contributed by atoms with E-state index in [9.17, 15) is 14.4 Å². The Morgan fingerprint density at radius 2 is 1.96 bits per heavy atom. The van der Waals surface area contributed by atoms with Crippen LogP contribution in [0.2, 0.25) is 0 Å². The van der Waals surface area contributed by atoms with Crippen molar-refractivity contribution in [3.63, 3.8) is 0 Å². The van der Waals surface area contributed by atoms with E-state index in [-0.39, 0.29) is 30.8 Å². The number of ether oxygens (including phenoxy) is 2. The summed E-state index contributed by atoms with van der Waals surface area (Å²) in [7, 11) is 3.07. The summed E-state index contributed by atoms with van der Waals surface area (Å²) >= 11 is 0. The summed E-state index contributed by atoms with van der Waals surface area (Å²) < 4.78 is 10.5. The van der Waals surface area contributed by atoms with Gasteiger partial charge in [0.25, 0.3) is 0 Å². The molecule has 0 radical (unpaired) electrons. The van der Waals surface area contributed by atoms with Gasteiger partial charge >= 0.3 is 5.97 Å². The van der Waals surface area contributed by atoms with Crippen molar-refractivity contribution in [1.29, 1.82) is 0 Å². The van der Waals surface area contributed by atoms with Crippen LogP contribution in [-0.4, -0.2) is 49.7 Å². The van der Waals surface area contributed by atoms with Gasteiger partial charge in [0.15, 0.2) is 0 Å². The van der Waals surface area contributed by atoms with Gasteiger partial charge in [0.1, 0.15) is 11.5 Å². The highest BCUT2D eigenvalue weighted by atomic mass is 16.5. The predicted octanol–water partition coefficient (Wildman–Crippen LogP) is 1.43. The third kappa shape index (κ3) is 3.99. The van der Waals surface area contributed by atoms with E-state index in [0.29, 0.717) is 36.4 Å². The number of anilines is 1. The number of carboxylic acids is 1. The number of nitrogens with one attached hydrogen (secondary N) is 1. The minimum Gasteiger partial charge on any atom is -0.497 e. The van der Waals surface area contributed by atoms with Crippen LogP contribution in [0.15, 0.2) is 18.2 Å². The largest absolute Gasteiger partial charge is 0.497 e. The number of rotatable bonds is 6. The smallest absolute Gasteiger partial charge is 0.306 e. The Kier molecular flexibility index (Phi) is 5.53. The SMILES string of the molecule is COc1ccc(N2CC(C(=O)N[C@@H]3CC[C@H](C(=O)O)C3)CC2=O)c(OC)c1. The lowest BCUT2D eigenvalue weighted by Crippen LogP contribution is -2.39. The van der Waals surface area contributed by atoms with E-state index in [4.69, 9.17) is 14.6 Å². The van der Waals surface area contributed by atoms with Gasteiger partial charge in [-0.3, -0.25) is 14.4 Å². The molecule has 2 amide bonds. The molecule has 2 N–H and O–H groups in total. The van der Waals surface area contributed by atoms with E-state index in [1.54, 1.807) is 30.2 Å². The Morgan fingerprint density at radius 3 is 2.59 bits per heavy atom. The fraction of sp³-hybridized carbons (Fsp3) is 0.526. The molecule has 3 rings (SSSR count). The number of carbonyl (C=O) groups is 3. The highest BCUT2D eigenvalue weighted by molar-refractivity contribution is 6.01. The summed E-state index contributed by atoms with van der Waals surface area (Å²) in [6, 6.07) is 5.03. The number of hydrogen-bond donors (Lipinski definition) is 2. The van der Waals surface area contributed by atoms with E-state index in [0.717, 1.165) is 0 Å². The topological polar surface area (TPSA) is 105 Å². The Labute approximate surface area is 157 Å². The van der Waals surface area contributed by atoms with Crippen molar-refractivity contribution in [2.75, 3.05) is 25.7 Å². The molecule has 2 fully saturated rings. The molecule has 8 nitrogen and oxygen atoms in total. The number of methoxy groups -OCH3 is 2. The molecular weight excluding hydrogens is 352 g/mol. The zero-order valence-electron chi connectivity index (χ0n) is 15.4. The highest BCUT2D eigenvalue weighted by Crippen LogP contribution is 2.36. The minimum atomic E-state index is -0.819. The third-order valence-corrected chi connectivity index (χ3v) is 5.30. The van der Waals surface area contributed by atoms with Crippen molar-refractivity contribution in [2.24, 2.45) is 11.8 Å². The summed E-state index contributed by atoms with van der Waals surface area (Å²) in [5, 5.41) is 12.0. The van der Waals surface area contributed by atoms with Crippen LogP contribution in [-0.2, 0) is 14.4 Å². The van der Waals surface area contributed by atoms with Crippen LogP contribution in [0.4, 0.5) is 5.69 Å². The summed E-state index contributed by atoms with van der Waals surface area (Å²) in [6.07, 6.45) is 1.78. The molecule has 146 valence electrons. The first-order valence-corrected chi connectivity index (χ1v) is 8.98. The molecule has 1 saturated heterocycles. The van der Waals surface area contributed by atoms with E-state index < -0.39 is 17.8 Å². The zero-order valence-corrected chi connectivity index (χ0v) is 15.4. The Bertz CT molecular complexity index is 750. The highest BCUT2D eigenvalue weighted by Gasteiger charge is 2.38. The van der Waals surface area contributed by atoms with E-state index in [1.807, 2.05) is 0 Å². The van der Waals surface area contributed by atoms with Gasteiger partial charge in [-0.2, -0.15) is 0 Å². The predicted molar refractivity (Wildman–Crippen MR) is 96.9 cm³/mol. The molecule has 8 heteroatoms. The Hall–Kier alpha value is -2.77. The van der Waals surface area contributed by atoms with Gasteiger partial charge in [-0.25, -0.2) is 0 Å². The number of carboxylic acid groups (broad SMARTS) is 1. The maximum absolute atomic E-state index is 12.6. The number of aliphatic carboxylic acids is 1. The molecule has 1 aromatic rings. The van der Waals surface area contributed by atoms with Crippen molar-refractivity contribution in [3.8, 4) is 11.5 Å². The molecule has 0 aromatic heterocycles. The first kappa shape index (κ1) is 19.0. The van der Waals surface area contributed by atoms with E-state index in [2.05, 4.69) is 5.32 Å². The molecule has 1 saturated carbocycles. The lowest BCUT2D eigenvalue weighted by Gasteiger charge is -2.20. The van der Waals surface area contributed by atoms with Gasteiger partial charge in [0.05, 0.1) is 31.7 Å². The molecule has 1 aliphatic heterocycles. The molecule has 1 heterocycles. The standard InChI is InChI=1S/C19H24N2O6/c1-26-14-5-6-15(16(9-14)27-2)21-10-12(8-17(21)22)18(23)20-13-4-3-11(7-13)19(24)25/h5-6,9,11-13H,3-4,7-8,10H2,1-2H3,(H,20,23)(H,24,25)/t11-,12?,13+/m0/s1. The summed E-state index contributed by atoms with van der Waals surface area (Å²) in [5.74, 6) is -0.910. The first-order valence-electron chi connectivity index (χ1n) is 8.98. The molecule has 2 aliphatic rings. The monoisotopic (exact) mass is 376 g/mol. The number of nitrogens with zero attached hydrogens (tertiary/aromatic N) is 1. The van der Waals surface area contributed by atoms with Crippen LogP contribution < -0.4 is 19.7 Å². The second kappa shape index (κ2) is 7.85. The Balaban J connectivity index is 1.65. The van der Waals surface area contributed by atoms with Crippen molar-refractivity contribution in [2.45, 2.75) is 31.7 Å². The molecule has 1 aromatic carbocycles. The first-order chi connectivity index (χ1) is 12.9. The van der Waals surface area contributed by atoms with E-state index >= 15 is 0 Å². The van der Waals surface area contributed by atoms with E-state index in [1.165, 1.54) is 7.11 Å². The molecular formula is C19H24N2O6. The van der Waals surface area contributed by atoms with Crippen molar-refractivity contribution in [1.82, 2.24) is 5.32 Å². The third-order valence-electron chi connectivity index (χ3n) is 5.30. The minimum absolute atomic E-state index is 0.121. The fourth-order valence-corrected chi connectivity index (χ4v) is 3.78. The van der Waals surface area contributed by atoms with Crippen molar-refractivity contribution in [3.05, 3.63) is 18.2 Å². The lowest BCUT2D eigenvalue weighted by atomic mass is 10.1. The van der Waals surface area contributed by atoms with Crippen LogP contribution in [0.5, 0.6) is 11.5 Å². The van der Waals surface area contributed by atoms with Gasteiger partial charge in [0, 0.05) is 25.1 Å². The maximum Gasteiger partial charge on any atom is 0.306 e. The van der Waals surface area contributed by atoms with Crippen LogP contribution in [0.25, 0.3) is 0 Å². The summed E-state index contributed by atoms with van der Waals surface area (Å²) in [5.41, 5.74) is 0.602. The normalized spacial score (nSPS) is 24.7. The fourth-order valence-electron chi connectivity index (χ4n) is 3.78. The second-order valence-corrected chi connectivity index (χ2v) is 7.00. The molecule has 3 atom stereocenters. The molecule has 27 heavy (non-hydrogen) atoms. The Morgan fingerprint density at radius 1 is 1.19 bits per heavy atom. The van der Waals surface area contributed by atoms with Gasteiger partial charge < -0.3 is 24.8 Å². The van der Waals surface area contributed by atoms with Gasteiger partial charge in [-0.1, -0.05) is 0 Å². The average Bonchev–Trinajstić information content (AvgIpc) is 3.28. The number of amides is 2. The molecule has 1 aliphatic carbocycles. The van der Waals surface area contributed by atoms with Crippen LogP contribution in [0.3, 0.4) is 0 Å². The van der Waals surface area contributed by atoms with Gasteiger partial charge in [-0.15, -0.1) is 0 Å². The lowest BCUT2D eigenvalue weighted by molar-refractivity contribution is -0.141. The summed E-state index contributed by atoms with van der Waals surface area (Å²) in [4.78, 5) is 37.6. The van der Waals surface area contributed by atoms with Crippen molar-refractivity contribution >= 4 is 23.5 Å². The number of benzene rings is 1. The average molecular weight is 376 g/mol. The molecule has 0 spiro atoms. The van der Waals surface area contributed by atoms with Crippen LogP contribution >= 0.6 is 0 Å². The van der Waals surface area contributed by atoms with Gasteiger partial charge in [-0.05, 0) is 31.4 Å². The van der Waals surface area contributed by atoms with Crippen LogP contribution in [0, 0.1) is 11.8 Å². The quantitative estimate of drug-likeness (QED) is 0.778. The van der Waals surface area contributed by atoms with Gasteiger partial charge in [0.2, 0.25) is 11.8 Å². The number of hydrogen-bond acceptors (Lipinski definition) is 5. The molecule has 0 bridgehead atoms. The van der Waals surface area contributed by atoms with Crippen molar-refractivity contribution < 1.29 is 29.0 Å². The maximum atomic E-state index is 12.6. The second-order valence-electron chi connectivity index (χ2n) is 7.00. The molecule has 1 unspecified atom stereocenters. The summed E-state index contributed by atoms with van der Waals surface area (Å²) in [6.45, 7) is 0.266.